The molecule has 8 heteroatoms. The molecule has 1 aromatic rings. The van der Waals surface area contributed by atoms with Crippen LogP contribution in [0.15, 0.2) is 30.3 Å². The van der Waals surface area contributed by atoms with Gasteiger partial charge in [0, 0.05) is 19.5 Å². The van der Waals surface area contributed by atoms with E-state index in [1.54, 1.807) is 30.3 Å². The molecule has 23 heavy (non-hydrogen) atoms. The molecule has 1 aliphatic rings. The van der Waals surface area contributed by atoms with Crippen LogP contribution in [0.5, 0.6) is 0 Å². The Morgan fingerprint density at radius 3 is 2.35 bits per heavy atom. The second-order valence-corrected chi connectivity index (χ2v) is 8.15. The van der Waals surface area contributed by atoms with Crippen LogP contribution in [0.25, 0.3) is 0 Å². The molecule has 1 aliphatic carbocycles. The Bertz CT molecular complexity index is 677. The molecule has 5 nitrogen and oxygen atoms in total. The Labute approximate surface area is 134 Å². The van der Waals surface area contributed by atoms with Crippen LogP contribution in [0.4, 0.5) is 8.78 Å². The van der Waals surface area contributed by atoms with E-state index in [0.717, 1.165) is 9.87 Å². The first-order chi connectivity index (χ1) is 10.6. The maximum absolute atomic E-state index is 12.9. The standard InChI is InChI=1S/C15H20F2N2O3S/c1-15(2)11(13(16)17)12(15)14(20)18-23(21,22)19(3)9-10-7-5-4-6-8-10/h4-8,11-13H,9H2,1-3H3,(H,18,20)/t11-,12+/m1/s1. The van der Waals surface area contributed by atoms with E-state index < -0.39 is 39.8 Å². The van der Waals surface area contributed by atoms with Crippen LogP contribution >= 0.6 is 0 Å². The van der Waals surface area contributed by atoms with Gasteiger partial charge in [0.2, 0.25) is 12.3 Å². The van der Waals surface area contributed by atoms with Gasteiger partial charge in [0.25, 0.3) is 0 Å². The largest absolute Gasteiger partial charge is 0.303 e. The smallest absolute Gasteiger partial charge is 0.274 e. The number of alkyl halides is 2. The highest BCUT2D eigenvalue weighted by molar-refractivity contribution is 7.87. The molecule has 2 rings (SSSR count). The molecule has 0 saturated heterocycles. The van der Waals surface area contributed by atoms with E-state index in [2.05, 4.69) is 0 Å². The summed E-state index contributed by atoms with van der Waals surface area (Å²) in [6.07, 6.45) is -2.65. The molecule has 1 aromatic carbocycles. The van der Waals surface area contributed by atoms with Crippen LogP contribution in [-0.2, 0) is 21.5 Å². The normalized spacial score (nSPS) is 23.1. The summed E-state index contributed by atoms with van der Waals surface area (Å²) in [5.41, 5.74) is -0.142. The maximum atomic E-state index is 12.9. The number of nitrogens with one attached hydrogen (secondary N) is 1. The zero-order chi connectivity index (χ0) is 17.4. The highest BCUT2D eigenvalue weighted by Gasteiger charge is 2.66. The van der Waals surface area contributed by atoms with Crippen molar-refractivity contribution in [2.24, 2.45) is 17.3 Å². The van der Waals surface area contributed by atoms with Gasteiger partial charge in [-0.2, -0.15) is 12.7 Å². The van der Waals surface area contributed by atoms with Crippen molar-refractivity contribution >= 4 is 16.1 Å². The summed E-state index contributed by atoms with van der Waals surface area (Å²) in [5.74, 6) is -2.99. The molecule has 2 atom stereocenters. The number of carbonyl (C=O) groups is 1. The molecule has 0 aromatic heterocycles. The Hall–Kier alpha value is -1.54. The average Bonchev–Trinajstić information content (AvgIpc) is 3.02. The van der Waals surface area contributed by atoms with Crippen molar-refractivity contribution in [1.29, 1.82) is 0 Å². The monoisotopic (exact) mass is 346 g/mol. The van der Waals surface area contributed by atoms with Crippen molar-refractivity contribution in [2.75, 3.05) is 7.05 Å². The van der Waals surface area contributed by atoms with E-state index in [-0.39, 0.29) is 6.54 Å². The third kappa shape index (κ3) is 3.69. The molecule has 0 heterocycles. The number of rotatable bonds is 6. The van der Waals surface area contributed by atoms with Crippen LogP contribution < -0.4 is 4.72 Å². The molecule has 0 unspecified atom stereocenters. The SMILES string of the molecule is CN(Cc1ccccc1)S(=O)(=O)NC(=O)[C@@H]1[C@H](C(F)F)C1(C)C. The summed E-state index contributed by atoms with van der Waals surface area (Å²) < 4.78 is 53.0. The highest BCUT2D eigenvalue weighted by atomic mass is 32.2. The number of amides is 1. The topological polar surface area (TPSA) is 66.5 Å². The van der Waals surface area contributed by atoms with Crippen molar-refractivity contribution < 1.29 is 22.0 Å². The van der Waals surface area contributed by atoms with Crippen LogP contribution in [0.2, 0.25) is 0 Å². The maximum Gasteiger partial charge on any atom is 0.303 e. The first kappa shape index (κ1) is 17.8. The van der Waals surface area contributed by atoms with Gasteiger partial charge >= 0.3 is 10.2 Å². The Morgan fingerprint density at radius 1 is 1.30 bits per heavy atom. The number of benzene rings is 1. The molecule has 1 amide bonds. The number of carbonyl (C=O) groups excluding carboxylic acids is 1. The van der Waals surface area contributed by atoms with Crippen molar-refractivity contribution in [3.8, 4) is 0 Å². The van der Waals surface area contributed by atoms with Gasteiger partial charge in [-0.15, -0.1) is 0 Å². The number of hydrogen-bond acceptors (Lipinski definition) is 3. The third-order valence-corrected chi connectivity index (χ3v) is 5.76. The van der Waals surface area contributed by atoms with E-state index >= 15 is 0 Å². The molecule has 0 aliphatic heterocycles. The molecule has 0 bridgehead atoms. The molecule has 1 fully saturated rings. The first-order valence-electron chi connectivity index (χ1n) is 7.17. The first-order valence-corrected chi connectivity index (χ1v) is 8.61. The zero-order valence-corrected chi connectivity index (χ0v) is 14.0. The second-order valence-electron chi connectivity index (χ2n) is 6.37. The van der Waals surface area contributed by atoms with Gasteiger partial charge in [-0.25, -0.2) is 13.5 Å². The van der Waals surface area contributed by atoms with Gasteiger partial charge < -0.3 is 0 Å². The van der Waals surface area contributed by atoms with Crippen molar-refractivity contribution in [3.63, 3.8) is 0 Å². The van der Waals surface area contributed by atoms with E-state index in [4.69, 9.17) is 0 Å². The fraction of sp³-hybridized carbons (Fsp3) is 0.533. The predicted octanol–water partition coefficient (Wildman–Crippen LogP) is 2.02. The van der Waals surface area contributed by atoms with Crippen LogP contribution in [0, 0.1) is 17.3 Å². The minimum Gasteiger partial charge on any atom is -0.274 e. The van der Waals surface area contributed by atoms with Gasteiger partial charge in [-0.3, -0.25) is 4.79 Å². The predicted molar refractivity (Wildman–Crippen MR) is 81.7 cm³/mol. The minimum atomic E-state index is -4.07. The lowest BCUT2D eigenvalue weighted by Gasteiger charge is -2.18. The van der Waals surface area contributed by atoms with E-state index in [1.807, 2.05) is 4.72 Å². The number of halogens is 2. The van der Waals surface area contributed by atoms with Crippen LogP contribution in [0.1, 0.15) is 19.4 Å². The molecule has 1 saturated carbocycles. The van der Waals surface area contributed by atoms with Gasteiger partial charge in [-0.05, 0) is 11.0 Å². The number of nitrogens with zero attached hydrogens (tertiary/aromatic N) is 1. The Balaban J connectivity index is 2.02. The lowest BCUT2D eigenvalue weighted by molar-refractivity contribution is -0.121. The lowest BCUT2D eigenvalue weighted by Crippen LogP contribution is -2.42. The molecule has 0 spiro atoms. The summed E-state index contributed by atoms with van der Waals surface area (Å²) in [6, 6.07) is 8.86. The summed E-state index contributed by atoms with van der Waals surface area (Å²) in [6.45, 7) is 3.15. The third-order valence-electron chi connectivity index (χ3n) is 4.35. The fourth-order valence-corrected chi connectivity index (χ4v) is 3.70. The Morgan fingerprint density at radius 2 is 1.87 bits per heavy atom. The molecular weight excluding hydrogens is 326 g/mol. The average molecular weight is 346 g/mol. The summed E-state index contributed by atoms with van der Waals surface area (Å²) in [4.78, 5) is 12.1. The van der Waals surface area contributed by atoms with Gasteiger partial charge in [0.15, 0.2) is 0 Å². The summed E-state index contributed by atoms with van der Waals surface area (Å²) in [7, 11) is -2.75. The van der Waals surface area contributed by atoms with Gasteiger partial charge in [-0.1, -0.05) is 44.2 Å². The Kier molecular flexibility index (Phi) is 4.77. The zero-order valence-electron chi connectivity index (χ0n) is 13.2. The molecular formula is C15H20F2N2O3S. The lowest BCUT2D eigenvalue weighted by atomic mass is 10.1. The van der Waals surface area contributed by atoms with Gasteiger partial charge in [0.05, 0.1) is 5.92 Å². The molecule has 1 N–H and O–H groups in total. The second kappa shape index (κ2) is 6.16. The number of hydrogen-bond donors (Lipinski definition) is 1. The van der Waals surface area contributed by atoms with E-state index in [9.17, 15) is 22.0 Å². The molecule has 128 valence electrons. The fourth-order valence-electron chi connectivity index (χ4n) is 2.84. The van der Waals surface area contributed by atoms with E-state index in [0.29, 0.717) is 0 Å². The molecule has 0 radical (unpaired) electrons. The minimum absolute atomic E-state index is 0.0792. The quantitative estimate of drug-likeness (QED) is 0.857. The van der Waals surface area contributed by atoms with Gasteiger partial charge in [0.1, 0.15) is 0 Å². The van der Waals surface area contributed by atoms with Crippen LogP contribution in [-0.4, -0.2) is 32.1 Å². The van der Waals surface area contributed by atoms with Crippen LogP contribution in [0.3, 0.4) is 0 Å². The van der Waals surface area contributed by atoms with Crippen molar-refractivity contribution in [1.82, 2.24) is 9.03 Å². The van der Waals surface area contributed by atoms with Crippen molar-refractivity contribution in [3.05, 3.63) is 35.9 Å². The van der Waals surface area contributed by atoms with E-state index in [1.165, 1.54) is 20.9 Å². The highest BCUT2D eigenvalue weighted by Crippen LogP contribution is 2.60. The van der Waals surface area contributed by atoms with Crippen molar-refractivity contribution in [2.45, 2.75) is 26.8 Å². The summed E-state index contributed by atoms with van der Waals surface area (Å²) >= 11 is 0. The summed E-state index contributed by atoms with van der Waals surface area (Å²) in [5, 5.41) is 0.